The Kier molecular flexibility index (Phi) is 3.84. The SMILES string of the molecule is CC(C)(C)C1=CCN(c2ccc(C(=O)O)c(F)c2)CC1. The van der Waals surface area contributed by atoms with Gasteiger partial charge in [0.2, 0.25) is 0 Å². The molecule has 0 saturated carbocycles. The molecule has 0 aromatic heterocycles. The number of aromatic carboxylic acids is 1. The first-order valence-electron chi connectivity index (χ1n) is 6.76. The van der Waals surface area contributed by atoms with Gasteiger partial charge in [0.05, 0.1) is 5.56 Å². The van der Waals surface area contributed by atoms with Crippen LogP contribution in [-0.4, -0.2) is 24.2 Å². The predicted octanol–water partition coefficient (Wildman–Crippen LogP) is 3.71. The minimum Gasteiger partial charge on any atom is -0.478 e. The van der Waals surface area contributed by atoms with Gasteiger partial charge in [0.1, 0.15) is 5.82 Å². The molecule has 20 heavy (non-hydrogen) atoms. The molecule has 0 atom stereocenters. The zero-order chi connectivity index (χ0) is 14.9. The van der Waals surface area contributed by atoms with Crippen molar-refractivity contribution in [3.63, 3.8) is 0 Å². The third kappa shape index (κ3) is 3.00. The van der Waals surface area contributed by atoms with Crippen molar-refractivity contribution in [2.24, 2.45) is 5.41 Å². The van der Waals surface area contributed by atoms with Crippen LogP contribution in [0.3, 0.4) is 0 Å². The van der Waals surface area contributed by atoms with Gasteiger partial charge in [-0.05, 0) is 30.0 Å². The second-order valence-corrected chi connectivity index (χ2v) is 6.14. The Hall–Kier alpha value is -1.84. The summed E-state index contributed by atoms with van der Waals surface area (Å²) in [5.74, 6) is -1.91. The molecule has 1 aliphatic rings. The molecule has 0 spiro atoms. The Bertz CT molecular complexity index is 558. The van der Waals surface area contributed by atoms with Crippen molar-refractivity contribution in [3.8, 4) is 0 Å². The molecule has 3 nitrogen and oxygen atoms in total. The molecule has 4 heteroatoms. The van der Waals surface area contributed by atoms with E-state index >= 15 is 0 Å². The van der Waals surface area contributed by atoms with Gasteiger partial charge in [-0.15, -0.1) is 0 Å². The van der Waals surface area contributed by atoms with Crippen LogP contribution in [0, 0.1) is 11.2 Å². The number of rotatable bonds is 2. The standard InChI is InChI=1S/C16H20FNO2/c1-16(2,3)11-6-8-18(9-7-11)12-4-5-13(15(19)20)14(17)10-12/h4-6,10H,7-9H2,1-3H3,(H,19,20). The van der Waals surface area contributed by atoms with Gasteiger partial charge in [0.25, 0.3) is 0 Å². The van der Waals surface area contributed by atoms with E-state index in [1.54, 1.807) is 6.07 Å². The maximum atomic E-state index is 13.7. The van der Waals surface area contributed by atoms with Gasteiger partial charge in [-0.25, -0.2) is 9.18 Å². The van der Waals surface area contributed by atoms with Crippen LogP contribution in [0.5, 0.6) is 0 Å². The van der Waals surface area contributed by atoms with Crippen LogP contribution in [0.4, 0.5) is 10.1 Å². The Morgan fingerprint density at radius 3 is 2.50 bits per heavy atom. The van der Waals surface area contributed by atoms with Crippen molar-refractivity contribution in [1.82, 2.24) is 0 Å². The van der Waals surface area contributed by atoms with Crippen LogP contribution in [-0.2, 0) is 0 Å². The third-order valence-electron chi connectivity index (χ3n) is 3.72. The van der Waals surface area contributed by atoms with Gasteiger partial charge in [-0.3, -0.25) is 0 Å². The van der Waals surface area contributed by atoms with Crippen LogP contribution in [0.15, 0.2) is 29.8 Å². The number of carbonyl (C=O) groups is 1. The molecule has 1 aromatic rings. The summed E-state index contributed by atoms with van der Waals surface area (Å²) in [5, 5.41) is 8.83. The number of anilines is 1. The highest BCUT2D eigenvalue weighted by Crippen LogP contribution is 2.31. The second kappa shape index (κ2) is 5.27. The van der Waals surface area contributed by atoms with Gasteiger partial charge in [0, 0.05) is 18.8 Å². The maximum absolute atomic E-state index is 13.7. The van der Waals surface area contributed by atoms with Crippen LogP contribution < -0.4 is 4.90 Å². The highest BCUT2D eigenvalue weighted by atomic mass is 19.1. The first kappa shape index (κ1) is 14.6. The van der Waals surface area contributed by atoms with Crippen LogP contribution in [0.25, 0.3) is 0 Å². The van der Waals surface area contributed by atoms with E-state index in [-0.39, 0.29) is 11.0 Å². The lowest BCUT2D eigenvalue weighted by Gasteiger charge is -2.33. The molecule has 1 aromatic carbocycles. The Balaban J connectivity index is 2.17. The first-order valence-corrected chi connectivity index (χ1v) is 6.76. The number of hydrogen-bond donors (Lipinski definition) is 1. The van der Waals surface area contributed by atoms with E-state index in [0.29, 0.717) is 0 Å². The van der Waals surface area contributed by atoms with Crippen molar-refractivity contribution in [1.29, 1.82) is 0 Å². The lowest BCUT2D eigenvalue weighted by atomic mass is 9.83. The van der Waals surface area contributed by atoms with Gasteiger partial charge < -0.3 is 10.0 Å². The average molecular weight is 277 g/mol. The highest BCUT2D eigenvalue weighted by Gasteiger charge is 2.22. The summed E-state index contributed by atoms with van der Waals surface area (Å²) >= 11 is 0. The number of carboxylic acids is 1. The van der Waals surface area contributed by atoms with Crippen molar-refractivity contribution in [3.05, 3.63) is 41.2 Å². The molecule has 0 radical (unpaired) electrons. The fourth-order valence-corrected chi connectivity index (χ4v) is 2.46. The fraction of sp³-hybridized carbons (Fsp3) is 0.438. The zero-order valence-corrected chi connectivity index (χ0v) is 12.1. The predicted molar refractivity (Wildman–Crippen MR) is 77.7 cm³/mol. The maximum Gasteiger partial charge on any atom is 0.338 e. The number of nitrogens with zero attached hydrogens (tertiary/aromatic N) is 1. The molecule has 2 rings (SSSR count). The summed E-state index contributed by atoms with van der Waals surface area (Å²) in [6, 6.07) is 4.30. The molecule has 1 heterocycles. The van der Waals surface area contributed by atoms with Gasteiger partial charge in [-0.1, -0.05) is 32.4 Å². The summed E-state index contributed by atoms with van der Waals surface area (Å²) in [6.45, 7) is 8.13. The van der Waals surface area contributed by atoms with E-state index in [9.17, 15) is 9.18 Å². The molecule has 0 aliphatic carbocycles. The lowest BCUT2D eigenvalue weighted by Crippen LogP contribution is -2.31. The van der Waals surface area contributed by atoms with E-state index in [1.807, 2.05) is 0 Å². The Morgan fingerprint density at radius 2 is 2.05 bits per heavy atom. The molecule has 0 amide bonds. The summed E-state index contributed by atoms with van der Waals surface area (Å²) in [6.07, 6.45) is 3.14. The molecular formula is C16H20FNO2. The zero-order valence-electron chi connectivity index (χ0n) is 12.1. The summed E-state index contributed by atoms with van der Waals surface area (Å²) in [7, 11) is 0. The van der Waals surface area contributed by atoms with E-state index in [2.05, 4.69) is 31.7 Å². The van der Waals surface area contributed by atoms with E-state index in [4.69, 9.17) is 5.11 Å². The molecule has 0 unspecified atom stereocenters. The van der Waals surface area contributed by atoms with Gasteiger partial charge in [-0.2, -0.15) is 0 Å². The van der Waals surface area contributed by atoms with E-state index < -0.39 is 11.8 Å². The minimum atomic E-state index is -1.23. The molecule has 0 saturated heterocycles. The molecule has 1 aliphatic heterocycles. The minimum absolute atomic E-state index is 0.171. The number of carboxylic acid groups (broad SMARTS) is 1. The molecular weight excluding hydrogens is 257 g/mol. The van der Waals surface area contributed by atoms with Crippen molar-refractivity contribution >= 4 is 11.7 Å². The van der Waals surface area contributed by atoms with Gasteiger partial charge >= 0.3 is 5.97 Å². The van der Waals surface area contributed by atoms with Crippen LogP contribution in [0.1, 0.15) is 37.6 Å². The molecule has 108 valence electrons. The van der Waals surface area contributed by atoms with Crippen molar-refractivity contribution in [2.75, 3.05) is 18.0 Å². The van der Waals surface area contributed by atoms with Crippen LogP contribution >= 0.6 is 0 Å². The van der Waals surface area contributed by atoms with Crippen molar-refractivity contribution in [2.45, 2.75) is 27.2 Å². The largest absolute Gasteiger partial charge is 0.478 e. The summed E-state index contributed by atoms with van der Waals surface area (Å²) in [5.41, 5.74) is 2.04. The Morgan fingerprint density at radius 1 is 1.35 bits per heavy atom. The Labute approximate surface area is 118 Å². The van der Waals surface area contributed by atoms with E-state index in [1.165, 1.54) is 17.7 Å². The van der Waals surface area contributed by atoms with Gasteiger partial charge in [0.15, 0.2) is 0 Å². The number of halogens is 1. The fourth-order valence-electron chi connectivity index (χ4n) is 2.46. The first-order chi connectivity index (χ1) is 9.29. The lowest BCUT2D eigenvalue weighted by molar-refractivity contribution is 0.0692. The number of benzene rings is 1. The topological polar surface area (TPSA) is 40.5 Å². The molecule has 0 bridgehead atoms. The quantitative estimate of drug-likeness (QED) is 0.838. The smallest absolute Gasteiger partial charge is 0.338 e. The van der Waals surface area contributed by atoms with Crippen molar-refractivity contribution < 1.29 is 14.3 Å². The van der Waals surface area contributed by atoms with Crippen LogP contribution in [0.2, 0.25) is 0 Å². The van der Waals surface area contributed by atoms with E-state index in [0.717, 1.165) is 25.2 Å². The summed E-state index contributed by atoms with van der Waals surface area (Å²) in [4.78, 5) is 12.9. The molecule has 0 fully saturated rings. The average Bonchev–Trinajstić information content (AvgIpc) is 2.37. The third-order valence-corrected chi connectivity index (χ3v) is 3.72. The summed E-state index contributed by atoms with van der Waals surface area (Å²) < 4.78 is 13.7. The molecule has 1 N–H and O–H groups in total. The number of hydrogen-bond acceptors (Lipinski definition) is 2. The normalized spacial score (nSPS) is 16.0. The second-order valence-electron chi connectivity index (χ2n) is 6.14. The monoisotopic (exact) mass is 277 g/mol. The highest BCUT2D eigenvalue weighted by molar-refractivity contribution is 5.88.